The van der Waals surface area contributed by atoms with Gasteiger partial charge >= 0.3 is 0 Å². The number of carbonyl (C=O) groups is 1. The average molecular weight is 344 g/mol. The molecule has 0 atom stereocenters. The first-order valence-corrected chi connectivity index (χ1v) is 8.66. The van der Waals surface area contributed by atoms with Crippen LogP contribution >= 0.6 is 23.4 Å². The van der Waals surface area contributed by atoms with Crippen molar-refractivity contribution in [3.63, 3.8) is 0 Å². The SMILES string of the molecule is CC(C)(C)OCCCNC(=O)C(C)(C)Sc1ccc(Cl)cc1. The van der Waals surface area contributed by atoms with Crippen molar-refractivity contribution in [1.29, 1.82) is 0 Å². The van der Waals surface area contributed by atoms with E-state index in [4.69, 9.17) is 16.3 Å². The van der Waals surface area contributed by atoms with Crippen LogP contribution in [0.25, 0.3) is 0 Å². The highest BCUT2D eigenvalue weighted by Crippen LogP contribution is 2.33. The molecule has 1 N–H and O–H groups in total. The number of rotatable bonds is 7. The third-order valence-electron chi connectivity index (χ3n) is 2.88. The van der Waals surface area contributed by atoms with Gasteiger partial charge in [0, 0.05) is 23.1 Å². The Bertz CT molecular complexity index is 480. The van der Waals surface area contributed by atoms with Crippen molar-refractivity contribution in [1.82, 2.24) is 5.32 Å². The van der Waals surface area contributed by atoms with Gasteiger partial charge < -0.3 is 10.1 Å². The molecule has 0 radical (unpaired) electrons. The number of benzene rings is 1. The molecular weight excluding hydrogens is 318 g/mol. The fourth-order valence-corrected chi connectivity index (χ4v) is 2.86. The summed E-state index contributed by atoms with van der Waals surface area (Å²) < 4.78 is 5.11. The molecule has 124 valence electrons. The molecule has 1 rings (SSSR count). The van der Waals surface area contributed by atoms with E-state index in [1.807, 2.05) is 58.9 Å². The van der Waals surface area contributed by atoms with Gasteiger partial charge in [-0.3, -0.25) is 4.79 Å². The van der Waals surface area contributed by atoms with Crippen molar-refractivity contribution < 1.29 is 9.53 Å². The lowest BCUT2D eigenvalue weighted by molar-refractivity contribution is -0.122. The molecule has 0 saturated heterocycles. The van der Waals surface area contributed by atoms with Crippen LogP contribution < -0.4 is 5.32 Å². The Balaban J connectivity index is 2.38. The Hall–Kier alpha value is -0.710. The van der Waals surface area contributed by atoms with Gasteiger partial charge in [-0.1, -0.05) is 11.6 Å². The molecule has 3 nitrogen and oxygen atoms in total. The molecule has 1 amide bonds. The molecule has 0 aliphatic heterocycles. The lowest BCUT2D eigenvalue weighted by atomic mass is 10.2. The number of hydrogen-bond acceptors (Lipinski definition) is 3. The molecule has 1 aromatic rings. The van der Waals surface area contributed by atoms with Crippen LogP contribution in [0.1, 0.15) is 41.0 Å². The molecule has 1 aromatic carbocycles. The molecule has 0 aromatic heterocycles. The molecule has 0 unspecified atom stereocenters. The monoisotopic (exact) mass is 343 g/mol. The van der Waals surface area contributed by atoms with Crippen LogP contribution in [0.5, 0.6) is 0 Å². The maximum atomic E-state index is 12.3. The molecule has 22 heavy (non-hydrogen) atoms. The Morgan fingerprint density at radius 1 is 1.18 bits per heavy atom. The van der Waals surface area contributed by atoms with Crippen molar-refractivity contribution >= 4 is 29.3 Å². The van der Waals surface area contributed by atoms with E-state index in [0.29, 0.717) is 18.2 Å². The van der Waals surface area contributed by atoms with E-state index in [0.717, 1.165) is 11.3 Å². The molecule has 0 saturated carbocycles. The van der Waals surface area contributed by atoms with Crippen LogP contribution in [0.3, 0.4) is 0 Å². The second kappa shape index (κ2) is 8.23. The maximum Gasteiger partial charge on any atom is 0.236 e. The molecule has 0 aliphatic carbocycles. The van der Waals surface area contributed by atoms with Crippen LogP contribution in [0.15, 0.2) is 29.2 Å². The lowest BCUT2D eigenvalue weighted by Crippen LogP contribution is -2.40. The first kappa shape index (κ1) is 19.3. The van der Waals surface area contributed by atoms with Gasteiger partial charge in [0.1, 0.15) is 0 Å². The maximum absolute atomic E-state index is 12.3. The number of halogens is 1. The fourth-order valence-electron chi connectivity index (χ4n) is 1.71. The van der Waals surface area contributed by atoms with Gasteiger partial charge in [-0.2, -0.15) is 0 Å². The standard InChI is InChI=1S/C17H26ClNO2S/c1-16(2,3)21-12-6-11-19-15(20)17(4,5)22-14-9-7-13(18)8-10-14/h7-10H,6,11-12H2,1-5H3,(H,19,20). The fraction of sp³-hybridized carbons (Fsp3) is 0.588. The summed E-state index contributed by atoms with van der Waals surface area (Å²) in [4.78, 5) is 13.3. The van der Waals surface area contributed by atoms with Gasteiger partial charge in [0.05, 0.1) is 10.3 Å². The first-order chi connectivity index (χ1) is 10.1. The number of nitrogens with one attached hydrogen (secondary N) is 1. The van der Waals surface area contributed by atoms with E-state index in [1.54, 1.807) is 0 Å². The van der Waals surface area contributed by atoms with Gasteiger partial charge in [-0.25, -0.2) is 0 Å². The highest BCUT2D eigenvalue weighted by Gasteiger charge is 2.28. The van der Waals surface area contributed by atoms with Crippen molar-refractivity contribution in [2.45, 2.75) is 56.3 Å². The lowest BCUT2D eigenvalue weighted by Gasteiger charge is -2.23. The van der Waals surface area contributed by atoms with E-state index >= 15 is 0 Å². The molecule has 5 heteroatoms. The molecule has 0 bridgehead atoms. The average Bonchev–Trinajstić information content (AvgIpc) is 2.39. The van der Waals surface area contributed by atoms with Crippen LogP contribution in [-0.2, 0) is 9.53 Å². The summed E-state index contributed by atoms with van der Waals surface area (Å²) in [5, 5.41) is 3.67. The smallest absolute Gasteiger partial charge is 0.236 e. The molecule has 0 heterocycles. The number of carbonyl (C=O) groups excluding carboxylic acids is 1. The van der Waals surface area contributed by atoms with E-state index in [1.165, 1.54) is 11.8 Å². The van der Waals surface area contributed by atoms with Gasteiger partial charge in [-0.05, 0) is 65.3 Å². The van der Waals surface area contributed by atoms with Crippen LogP contribution in [0.2, 0.25) is 5.02 Å². The zero-order valence-corrected chi connectivity index (χ0v) is 15.6. The van der Waals surface area contributed by atoms with E-state index in [9.17, 15) is 4.79 Å². The normalized spacial score (nSPS) is 12.3. The summed E-state index contributed by atoms with van der Waals surface area (Å²) in [6, 6.07) is 7.53. The van der Waals surface area contributed by atoms with Crippen molar-refractivity contribution in [2.24, 2.45) is 0 Å². The Morgan fingerprint density at radius 2 is 1.77 bits per heavy atom. The Morgan fingerprint density at radius 3 is 2.32 bits per heavy atom. The predicted octanol–water partition coefficient (Wildman–Crippen LogP) is 4.53. The molecule has 0 fully saturated rings. The van der Waals surface area contributed by atoms with Gasteiger partial charge in [0.2, 0.25) is 5.91 Å². The zero-order valence-electron chi connectivity index (χ0n) is 14.0. The zero-order chi connectivity index (χ0) is 16.8. The summed E-state index contributed by atoms with van der Waals surface area (Å²) in [6.07, 6.45) is 0.810. The first-order valence-electron chi connectivity index (χ1n) is 7.47. The van der Waals surface area contributed by atoms with Crippen molar-refractivity contribution in [2.75, 3.05) is 13.2 Å². The minimum absolute atomic E-state index is 0.0307. The van der Waals surface area contributed by atoms with E-state index in [2.05, 4.69) is 5.32 Å². The predicted molar refractivity (Wildman–Crippen MR) is 94.7 cm³/mol. The van der Waals surface area contributed by atoms with Crippen molar-refractivity contribution in [3.05, 3.63) is 29.3 Å². The number of thioether (sulfide) groups is 1. The van der Waals surface area contributed by atoms with E-state index in [-0.39, 0.29) is 11.5 Å². The van der Waals surface area contributed by atoms with Gasteiger partial charge in [-0.15, -0.1) is 11.8 Å². The minimum Gasteiger partial charge on any atom is -0.376 e. The van der Waals surface area contributed by atoms with Crippen molar-refractivity contribution in [3.8, 4) is 0 Å². The molecule has 0 aliphatic rings. The van der Waals surface area contributed by atoms with E-state index < -0.39 is 4.75 Å². The summed E-state index contributed by atoms with van der Waals surface area (Å²) in [5.41, 5.74) is -0.131. The summed E-state index contributed by atoms with van der Waals surface area (Å²) >= 11 is 7.40. The topological polar surface area (TPSA) is 38.3 Å². The highest BCUT2D eigenvalue weighted by atomic mass is 35.5. The Kier molecular flexibility index (Phi) is 7.23. The third-order valence-corrected chi connectivity index (χ3v) is 4.33. The Labute approximate surface area is 143 Å². The number of ether oxygens (including phenoxy) is 1. The minimum atomic E-state index is -0.529. The summed E-state index contributed by atoms with van der Waals surface area (Å²) in [5.74, 6) is 0.0307. The molecular formula is C17H26ClNO2S. The largest absolute Gasteiger partial charge is 0.376 e. The quantitative estimate of drug-likeness (QED) is 0.583. The number of amides is 1. The third kappa shape index (κ3) is 7.52. The second-order valence-corrected chi connectivity index (χ2v) is 8.77. The summed E-state index contributed by atoms with van der Waals surface area (Å²) in [7, 11) is 0. The molecule has 0 spiro atoms. The van der Waals surface area contributed by atoms with Gasteiger partial charge in [0.25, 0.3) is 0 Å². The van der Waals surface area contributed by atoms with Crippen LogP contribution in [0, 0.1) is 0 Å². The van der Waals surface area contributed by atoms with Gasteiger partial charge in [0.15, 0.2) is 0 Å². The highest BCUT2D eigenvalue weighted by molar-refractivity contribution is 8.01. The second-order valence-electron chi connectivity index (χ2n) is 6.64. The summed E-state index contributed by atoms with van der Waals surface area (Å²) in [6.45, 7) is 11.2. The number of hydrogen-bond donors (Lipinski definition) is 1. The van der Waals surface area contributed by atoms with Crippen LogP contribution in [-0.4, -0.2) is 29.4 Å². The van der Waals surface area contributed by atoms with Crippen LogP contribution in [0.4, 0.5) is 0 Å².